The quantitative estimate of drug-likeness (QED) is 0.852. The van der Waals surface area contributed by atoms with Gasteiger partial charge >= 0.3 is 0 Å². The molecule has 110 valence electrons. The van der Waals surface area contributed by atoms with Crippen molar-refractivity contribution in [1.29, 1.82) is 0 Å². The molecule has 0 aromatic carbocycles. The Labute approximate surface area is 125 Å². The summed E-state index contributed by atoms with van der Waals surface area (Å²) < 4.78 is 19.0. The molecule has 21 heavy (non-hydrogen) atoms. The molecule has 0 N–H and O–H groups in total. The Morgan fingerprint density at radius 2 is 2.14 bits per heavy atom. The van der Waals surface area contributed by atoms with Gasteiger partial charge in [-0.1, -0.05) is 0 Å². The molecule has 0 bridgehead atoms. The summed E-state index contributed by atoms with van der Waals surface area (Å²) in [5.41, 5.74) is 1.05. The van der Waals surface area contributed by atoms with Crippen LogP contribution in [0.1, 0.15) is 23.2 Å². The van der Waals surface area contributed by atoms with Gasteiger partial charge in [-0.3, -0.25) is 0 Å². The van der Waals surface area contributed by atoms with Gasteiger partial charge in [0, 0.05) is 30.1 Å². The van der Waals surface area contributed by atoms with Crippen molar-refractivity contribution in [2.24, 2.45) is 5.92 Å². The Kier molecular flexibility index (Phi) is 3.11. The van der Waals surface area contributed by atoms with Gasteiger partial charge in [0.1, 0.15) is 11.1 Å². The molecule has 2 aliphatic heterocycles. The predicted molar refractivity (Wildman–Crippen MR) is 76.8 cm³/mol. The van der Waals surface area contributed by atoms with E-state index < -0.39 is 5.82 Å². The summed E-state index contributed by atoms with van der Waals surface area (Å²) in [6, 6.07) is 0. The molecule has 2 aromatic rings. The normalized spacial score (nSPS) is 28.1. The highest BCUT2D eigenvalue weighted by molar-refractivity contribution is 7.09. The lowest BCUT2D eigenvalue weighted by Gasteiger charge is -2.18. The molecule has 4 heterocycles. The fourth-order valence-corrected chi connectivity index (χ4v) is 3.92. The Balaban J connectivity index is 1.44. The van der Waals surface area contributed by atoms with Crippen molar-refractivity contribution in [3.63, 3.8) is 0 Å². The zero-order chi connectivity index (χ0) is 14.4. The first-order valence-electron chi connectivity index (χ1n) is 6.99. The van der Waals surface area contributed by atoms with Crippen LogP contribution < -0.4 is 4.90 Å². The zero-order valence-corrected chi connectivity index (χ0v) is 12.4. The topological polar surface area (TPSA) is 51.1 Å². The molecular formula is C14H15FN4OS. The smallest absolute Gasteiger partial charge is 0.225 e. The van der Waals surface area contributed by atoms with Crippen LogP contribution in [0.4, 0.5) is 10.3 Å². The SMILES string of the molecule is Cc1csc([C@@H]2C[C@@H]3CN(c4ncc(F)cn4)C[C@@H]3O2)n1. The van der Waals surface area contributed by atoms with Crippen molar-refractivity contribution in [3.05, 3.63) is 34.3 Å². The first kappa shape index (κ1) is 13.1. The van der Waals surface area contributed by atoms with Crippen LogP contribution in [0.2, 0.25) is 0 Å². The number of nitrogens with zero attached hydrogens (tertiary/aromatic N) is 4. The van der Waals surface area contributed by atoms with E-state index >= 15 is 0 Å². The maximum atomic E-state index is 12.9. The fourth-order valence-electron chi connectivity index (χ4n) is 3.07. The molecule has 2 saturated heterocycles. The van der Waals surface area contributed by atoms with Crippen molar-refractivity contribution in [2.75, 3.05) is 18.0 Å². The first-order valence-corrected chi connectivity index (χ1v) is 7.87. The number of ether oxygens (including phenoxy) is 1. The van der Waals surface area contributed by atoms with Crippen LogP contribution in [-0.2, 0) is 4.74 Å². The van der Waals surface area contributed by atoms with E-state index in [1.54, 1.807) is 11.3 Å². The number of hydrogen-bond acceptors (Lipinski definition) is 6. The number of aromatic nitrogens is 3. The van der Waals surface area contributed by atoms with E-state index in [4.69, 9.17) is 4.74 Å². The van der Waals surface area contributed by atoms with Gasteiger partial charge in [0.15, 0.2) is 5.82 Å². The molecule has 4 rings (SSSR count). The molecule has 0 spiro atoms. The van der Waals surface area contributed by atoms with Crippen LogP contribution in [0.25, 0.3) is 0 Å². The lowest BCUT2D eigenvalue weighted by Crippen LogP contribution is -2.25. The van der Waals surface area contributed by atoms with Crippen LogP contribution >= 0.6 is 11.3 Å². The van der Waals surface area contributed by atoms with E-state index in [-0.39, 0.29) is 12.2 Å². The highest BCUT2D eigenvalue weighted by Crippen LogP contribution is 2.42. The summed E-state index contributed by atoms with van der Waals surface area (Å²) >= 11 is 1.67. The highest BCUT2D eigenvalue weighted by atomic mass is 32.1. The molecule has 0 unspecified atom stereocenters. The van der Waals surface area contributed by atoms with Crippen LogP contribution in [0.3, 0.4) is 0 Å². The van der Waals surface area contributed by atoms with Gasteiger partial charge in [0.2, 0.25) is 5.95 Å². The van der Waals surface area contributed by atoms with E-state index in [0.29, 0.717) is 11.9 Å². The van der Waals surface area contributed by atoms with Gasteiger partial charge < -0.3 is 9.64 Å². The summed E-state index contributed by atoms with van der Waals surface area (Å²) in [6.07, 6.45) is 3.70. The Bertz CT molecular complexity index is 633. The molecule has 0 amide bonds. The summed E-state index contributed by atoms with van der Waals surface area (Å²) in [5, 5.41) is 3.14. The standard InChI is InChI=1S/C14H15FN4OS/c1-8-7-21-13(18-8)11-2-9-5-19(6-12(9)20-11)14-16-3-10(15)4-17-14/h3-4,7,9,11-12H,2,5-6H2,1H3/t9-,11+,12+/m1/s1. The monoisotopic (exact) mass is 306 g/mol. The van der Waals surface area contributed by atoms with E-state index in [2.05, 4.69) is 25.2 Å². The largest absolute Gasteiger partial charge is 0.366 e. The number of hydrogen-bond donors (Lipinski definition) is 0. The number of anilines is 1. The number of rotatable bonds is 2. The van der Waals surface area contributed by atoms with Crippen molar-refractivity contribution < 1.29 is 9.13 Å². The fraction of sp³-hybridized carbons (Fsp3) is 0.500. The number of halogens is 1. The minimum atomic E-state index is -0.409. The van der Waals surface area contributed by atoms with Gasteiger partial charge in [0.05, 0.1) is 18.5 Å². The molecule has 5 nitrogen and oxygen atoms in total. The molecule has 3 atom stereocenters. The predicted octanol–water partition coefficient (Wildman–Crippen LogP) is 2.35. The van der Waals surface area contributed by atoms with E-state index in [1.807, 2.05) is 6.92 Å². The second-order valence-electron chi connectivity index (χ2n) is 5.59. The third kappa shape index (κ3) is 2.40. The van der Waals surface area contributed by atoms with Crippen molar-refractivity contribution >= 4 is 17.3 Å². The van der Waals surface area contributed by atoms with E-state index in [9.17, 15) is 4.39 Å². The van der Waals surface area contributed by atoms with Crippen LogP contribution in [0, 0.1) is 18.7 Å². The van der Waals surface area contributed by atoms with Crippen LogP contribution in [0.5, 0.6) is 0 Å². The molecule has 0 radical (unpaired) electrons. The lowest BCUT2D eigenvalue weighted by molar-refractivity contribution is 0.0488. The van der Waals surface area contributed by atoms with Gasteiger partial charge in [0.25, 0.3) is 0 Å². The Morgan fingerprint density at radius 3 is 2.81 bits per heavy atom. The lowest BCUT2D eigenvalue weighted by atomic mass is 10.0. The van der Waals surface area contributed by atoms with Crippen LogP contribution in [-0.4, -0.2) is 34.1 Å². The summed E-state index contributed by atoms with van der Waals surface area (Å²) in [6.45, 7) is 3.62. The Morgan fingerprint density at radius 1 is 1.33 bits per heavy atom. The molecule has 2 fully saturated rings. The third-order valence-electron chi connectivity index (χ3n) is 4.04. The second kappa shape index (κ2) is 4.99. The highest BCUT2D eigenvalue weighted by Gasteiger charge is 2.43. The summed E-state index contributed by atoms with van der Waals surface area (Å²) in [7, 11) is 0. The van der Waals surface area contributed by atoms with E-state index in [1.165, 1.54) is 12.4 Å². The minimum absolute atomic E-state index is 0.120. The van der Waals surface area contributed by atoms with Gasteiger partial charge in [-0.15, -0.1) is 11.3 Å². The number of aryl methyl sites for hydroxylation is 1. The first-order chi connectivity index (χ1) is 10.2. The summed E-state index contributed by atoms with van der Waals surface area (Å²) in [5.74, 6) is 0.637. The average molecular weight is 306 g/mol. The van der Waals surface area contributed by atoms with Crippen LogP contribution in [0.15, 0.2) is 17.8 Å². The van der Waals surface area contributed by atoms with E-state index in [0.717, 1.165) is 30.2 Å². The van der Waals surface area contributed by atoms with Crippen molar-refractivity contribution in [3.8, 4) is 0 Å². The molecule has 7 heteroatoms. The van der Waals surface area contributed by atoms with Gasteiger partial charge in [-0.25, -0.2) is 19.3 Å². The van der Waals surface area contributed by atoms with Gasteiger partial charge in [-0.05, 0) is 13.3 Å². The molecule has 2 aliphatic rings. The molecule has 0 saturated carbocycles. The zero-order valence-electron chi connectivity index (χ0n) is 11.6. The summed E-state index contributed by atoms with van der Waals surface area (Å²) in [4.78, 5) is 14.7. The maximum Gasteiger partial charge on any atom is 0.225 e. The van der Waals surface area contributed by atoms with Gasteiger partial charge in [-0.2, -0.15) is 0 Å². The van der Waals surface area contributed by atoms with Crippen molar-refractivity contribution in [1.82, 2.24) is 15.0 Å². The third-order valence-corrected chi connectivity index (χ3v) is 5.09. The molecular weight excluding hydrogens is 291 g/mol. The number of thiazole rings is 1. The minimum Gasteiger partial charge on any atom is -0.366 e. The average Bonchev–Trinajstić information content (AvgIpc) is 3.13. The van der Waals surface area contributed by atoms with Crippen molar-refractivity contribution in [2.45, 2.75) is 25.6 Å². The maximum absolute atomic E-state index is 12.9. The molecule has 0 aliphatic carbocycles. The molecule has 2 aromatic heterocycles. The second-order valence-corrected chi connectivity index (χ2v) is 6.48. The number of fused-ring (bicyclic) bond motifs is 1. The Hall–Kier alpha value is -1.60.